The van der Waals surface area contributed by atoms with Gasteiger partial charge < -0.3 is 15.0 Å². The van der Waals surface area contributed by atoms with Gasteiger partial charge in [-0.3, -0.25) is 9.59 Å². The van der Waals surface area contributed by atoms with Crippen LogP contribution in [0.15, 0.2) is 41.2 Å². The third-order valence-corrected chi connectivity index (χ3v) is 2.42. The summed E-state index contributed by atoms with van der Waals surface area (Å²) < 4.78 is 18.0. The molecule has 2 rings (SSSR count). The first kappa shape index (κ1) is 12.8. The lowest BCUT2D eigenvalue weighted by molar-refractivity contribution is 0.102. The largest absolute Gasteiger partial charge is 0.494 e. The monoisotopic (exact) mass is 262 g/mol. The first-order valence-corrected chi connectivity index (χ1v) is 5.44. The number of H-pyrrole nitrogens is 1. The number of amides is 1. The molecule has 0 radical (unpaired) electrons. The van der Waals surface area contributed by atoms with Crippen molar-refractivity contribution in [2.24, 2.45) is 0 Å². The molecule has 5 nitrogen and oxygen atoms in total. The van der Waals surface area contributed by atoms with Crippen molar-refractivity contribution in [2.45, 2.75) is 0 Å². The number of carbonyl (C=O) groups excluding carboxylic acids is 1. The zero-order valence-corrected chi connectivity index (χ0v) is 10.1. The SMILES string of the molecule is COc1cc(F)ccc1NC(=O)c1cccc(=O)[nH]1. The second-order valence-corrected chi connectivity index (χ2v) is 3.73. The van der Waals surface area contributed by atoms with Gasteiger partial charge in [0.2, 0.25) is 5.56 Å². The fourth-order valence-electron chi connectivity index (χ4n) is 1.54. The van der Waals surface area contributed by atoms with E-state index in [2.05, 4.69) is 10.3 Å². The number of rotatable bonds is 3. The van der Waals surface area contributed by atoms with Gasteiger partial charge in [-0.15, -0.1) is 0 Å². The van der Waals surface area contributed by atoms with Gasteiger partial charge in [-0.1, -0.05) is 6.07 Å². The summed E-state index contributed by atoms with van der Waals surface area (Å²) in [5, 5.41) is 2.53. The maximum Gasteiger partial charge on any atom is 0.272 e. The smallest absolute Gasteiger partial charge is 0.272 e. The van der Waals surface area contributed by atoms with E-state index in [0.717, 1.165) is 6.07 Å². The van der Waals surface area contributed by atoms with Crippen LogP contribution in [0.2, 0.25) is 0 Å². The molecule has 0 spiro atoms. The number of ether oxygens (including phenoxy) is 1. The summed E-state index contributed by atoms with van der Waals surface area (Å²) in [7, 11) is 1.37. The molecule has 0 saturated heterocycles. The van der Waals surface area contributed by atoms with E-state index in [4.69, 9.17) is 4.74 Å². The Morgan fingerprint density at radius 1 is 1.32 bits per heavy atom. The summed E-state index contributed by atoms with van der Waals surface area (Å²) in [6.07, 6.45) is 0. The van der Waals surface area contributed by atoms with E-state index < -0.39 is 11.7 Å². The van der Waals surface area contributed by atoms with Crippen LogP contribution < -0.4 is 15.6 Å². The Morgan fingerprint density at radius 3 is 2.79 bits per heavy atom. The minimum atomic E-state index is -0.511. The molecule has 1 aromatic heterocycles. The van der Waals surface area contributed by atoms with Crippen LogP contribution in [0.3, 0.4) is 0 Å². The molecule has 0 saturated carbocycles. The highest BCUT2D eigenvalue weighted by molar-refractivity contribution is 6.03. The van der Waals surface area contributed by atoms with Crippen LogP contribution in [0.1, 0.15) is 10.5 Å². The zero-order chi connectivity index (χ0) is 13.8. The highest BCUT2D eigenvalue weighted by atomic mass is 19.1. The quantitative estimate of drug-likeness (QED) is 0.885. The number of pyridine rings is 1. The molecule has 0 atom stereocenters. The van der Waals surface area contributed by atoms with Gasteiger partial charge >= 0.3 is 0 Å². The minimum Gasteiger partial charge on any atom is -0.494 e. The molecule has 1 heterocycles. The maximum absolute atomic E-state index is 13.0. The number of anilines is 1. The van der Waals surface area contributed by atoms with E-state index >= 15 is 0 Å². The second-order valence-electron chi connectivity index (χ2n) is 3.73. The Kier molecular flexibility index (Phi) is 3.61. The van der Waals surface area contributed by atoms with Crippen molar-refractivity contribution in [3.63, 3.8) is 0 Å². The van der Waals surface area contributed by atoms with Gasteiger partial charge in [0.25, 0.3) is 5.91 Å². The molecule has 0 aliphatic heterocycles. The molecule has 98 valence electrons. The van der Waals surface area contributed by atoms with E-state index in [1.54, 1.807) is 0 Å². The summed E-state index contributed by atoms with van der Waals surface area (Å²) in [6.45, 7) is 0. The third-order valence-electron chi connectivity index (χ3n) is 2.42. The third kappa shape index (κ3) is 2.98. The van der Waals surface area contributed by atoms with Crippen molar-refractivity contribution in [3.8, 4) is 5.75 Å². The number of aromatic nitrogens is 1. The molecule has 1 amide bonds. The van der Waals surface area contributed by atoms with Crippen LogP contribution in [0.25, 0.3) is 0 Å². The van der Waals surface area contributed by atoms with Crippen LogP contribution in [0.5, 0.6) is 5.75 Å². The number of nitrogens with one attached hydrogen (secondary N) is 2. The van der Waals surface area contributed by atoms with E-state index in [0.29, 0.717) is 5.69 Å². The normalized spacial score (nSPS) is 10.0. The molecule has 2 N–H and O–H groups in total. The van der Waals surface area contributed by atoms with Gasteiger partial charge in [-0.25, -0.2) is 4.39 Å². The molecule has 0 aliphatic rings. The van der Waals surface area contributed by atoms with E-state index in [-0.39, 0.29) is 17.0 Å². The lowest BCUT2D eigenvalue weighted by Gasteiger charge is -2.09. The van der Waals surface area contributed by atoms with Crippen LogP contribution in [-0.4, -0.2) is 18.0 Å². The predicted molar refractivity (Wildman–Crippen MR) is 68.0 cm³/mol. The van der Waals surface area contributed by atoms with E-state index in [9.17, 15) is 14.0 Å². The molecule has 0 aliphatic carbocycles. The fourth-order valence-corrected chi connectivity index (χ4v) is 1.54. The fraction of sp³-hybridized carbons (Fsp3) is 0.0769. The van der Waals surface area contributed by atoms with Crippen LogP contribution in [-0.2, 0) is 0 Å². The molecular weight excluding hydrogens is 251 g/mol. The minimum absolute atomic E-state index is 0.110. The van der Waals surface area contributed by atoms with E-state index in [1.807, 2.05) is 0 Å². The summed E-state index contributed by atoms with van der Waals surface area (Å²) in [6, 6.07) is 7.97. The molecule has 0 unspecified atom stereocenters. The van der Waals surface area contributed by atoms with Crippen molar-refractivity contribution >= 4 is 11.6 Å². The molecular formula is C13H11FN2O3. The van der Waals surface area contributed by atoms with Gasteiger partial charge in [0, 0.05) is 12.1 Å². The van der Waals surface area contributed by atoms with Gasteiger partial charge in [0.15, 0.2) is 0 Å². The summed E-state index contributed by atoms with van der Waals surface area (Å²) >= 11 is 0. The van der Waals surface area contributed by atoms with Gasteiger partial charge in [0.05, 0.1) is 12.8 Å². The number of hydrogen-bond donors (Lipinski definition) is 2. The number of benzene rings is 1. The Morgan fingerprint density at radius 2 is 2.11 bits per heavy atom. The average molecular weight is 262 g/mol. The molecule has 19 heavy (non-hydrogen) atoms. The first-order chi connectivity index (χ1) is 9.10. The van der Waals surface area contributed by atoms with Crippen molar-refractivity contribution < 1.29 is 13.9 Å². The highest BCUT2D eigenvalue weighted by Crippen LogP contribution is 2.25. The zero-order valence-electron chi connectivity index (χ0n) is 10.1. The topological polar surface area (TPSA) is 71.2 Å². The summed E-state index contributed by atoms with van der Waals surface area (Å²) in [5.74, 6) is -0.780. The van der Waals surface area contributed by atoms with Gasteiger partial charge in [-0.2, -0.15) is 0 Å². The Hall–Kier alpha value is -2.63. The van der Waals surface area contributed by atoms with Crippen molar-refractivity contribution in [1.82, 2.24) is 4.98 Å². The number of methoxy groups -OCH3 is 1. The van der Waals surface area contributed by atoms with Crippen LogP contribution in [0, 0.1) is 5.82 Å². The average Bonchev–Trinajstić information content (AvgIpc) is 2.40. The molecule has 6 heteroatoms. The lowest BCUT2D eigenvalue weighted by atomic mass is 10.2. The standard InChI is InChI=1S/C13H11FN2O3/c1-19-11-7-8(14)5-6-9(11)16-13(18)10-3-2-4-12(17)15-10/h2-7H,1H3,(H,15,17)(H,16,18). The Balaban J connectivity index is 2.26. The number of halogens is 1. The second kappa shape index (κ2) is 5.34. The Bertz CT molecular complexity index is 667. The maximum atomic E-state index is 13.0. The lowest BCUT2D eigenvalue weighted by Crippen LogP contribution is -2.18. The van der Waals surface area contributed by atoms with Gasteiger partial charge in [0.1, 0.15) is 17.3 Å². The first-order valence-electron chi connectivity index (χ1n) is 5.44. The predicted octanol–water partition coefficient (Wildman–Crippen LogP) is 1.77. The number of carbonyl (C=O) groups is 1. The summed E-state index contributed by atoms with van der Waals surface area (Å²) in [5.41, 5.74) is 0.0520. The Labute approximate surface area is 108 Å². The number of aromatic amines is 1. The summed E-state index contributed by atoms with van der Waals surface area (Å²) in [4.78, 5) is 25.4. The molecule has 1 aromatic carbocycles. The molecule has 0 fully saturated rings. The van der Waals surface area contributed by atoms with Crippen molar-refractivity contribution in [2.75, 3.05) is 12.4 Å². The van der Waals surface area contributed by atoms with Crippen molar-refractivity contribution in [3.05, 3.63) is 58.3 Å². The van der Waals surface area contributed by atoms with Crippen molar-refractivity contribution in [1.29, 1.82) is 0 Å². The van der Waals surface area contributed by atoms with Crippen LogP contribution in [0.4, 0.5) is 10.1 Å². The highest BCUT2D eigenvalue weighted by Gasteiger charge is 2.10. The molecule has 2 aromatic rings. The van der Waals surface area contributed by atoms with Gasteiger partial charge in [-0.05, 0) is 18.2 Å². The molecule has 0 bridgehead atoms. The number of hydrogen-bond acceptors (Lipinski definition) is 3. The van der Waals surface area contributed by atoms with E-state index in [1.165, 1.54) is 37.4 Å². The van der Waals surface area contributed by atoms with Crippen LogP contribution >= 0.6 is 0 Å².